The lowest BCUT2D eigenvalue weighted by Crippen LogP contribution is -2.55. The Kier molecular flexibility index (Phi) is 4.15. The summed E-state index contributed by atoms with van der Waals surface area (Å²) in [7, 11) is 0. The van der Waals surface area contributed by atoms with Gasteiger partial charge in [-0.05, 0) is 37.9 Å². The monoisotopic (exact) mass is 233 g/mol. The Hall–Kier alpha value is -0.900. The predicted molar refractivity (Wildman–Crippen MR) is 71.8 cm³/mol. The quantitative estimate of drug-likeness (QED) is 0.815. The first-order chi connectivity index (χ1) is 8.22. The maximum Gasteiger partial charge on any atom is 0.0303 e. The zero-order valence-corrected chi connectivity index (χ0v) is 10.4. The van der Waals surface area contributed by atoms with Crippen molar-refractivity contribution in [2.24, 2.45) is 11.5 Å². The first-order valence-electron chi connectivity index (χ1n) is 6.47. The van der Waals surface area contributed by atoms with Crippen LogP contribution in [0.4, 0.5) is 0 Å². The lowest BCUT2D eigenvalue weighted by atomic mass is 9.89. The van der Waals surface area contributed by atoms with Crippen molar-refractivity contribution in [3.8, 4) is 0 Å². The normalized spacial score (nSPS) is 20.4. The fourth-order valence-electron chi connectivity index (χ4n) is 2.36. The topological polar surface area (TPSA) is 55.3 Å². The molecule has 0 aromatic heterocycles. The molecule has 0 aliphatic carbocycles. The number of rotatable bonds is 4. The third-order valence-corrected chi connectivity index (χ3v) is 3.82. The van der Waals surface area contributed by atoms with E-state index in [1.165, 1.54) is 5.56 Å². The van der Waals surface area contributed by atoms with Crippen molar-refractivity contribution in [1.82, 2.24) is 4.90 Å². The molecule has 1 fully saturated rings. The van der Waals surface area contributed by atoms with Gasteiger partial charge in [0.1, 0.15) is 0 Å². The summed E-state index contributed by atoms with van der Waals surface area (Å²) < 4.78 is 0. The van der Waals surface area contributed by atoms with Crippen LogP contribution in [-0.4, -0.2) is 36.6 Å². The number of benzene rings is 1. The third kappa shape index (κ3) is 3.53. The zero-order valence-electron chi connectivity index (χ0n) is 10.4. The Morgan fingerprint density at radius 2 is 1.76 bits per heavy atom. The molecule has 1 aromatic carbocycles. The Morgan fingerprint density at radius 1 is 1.12 bits per heavy atom. The second kappa shape index (κ2) is 5.63. The maximum absolute atomic E-state index is 6.18. The second-order valence-electron chi connectivity index (χ2n) is 5.14. The highest BCUT2D eigenvalue weighted by Gasteiger charge is 2.28. The van der Waals surface area contributed by atoms with E-state index >= 15 is 0 Å². The Bertz CT molecular complexity index is 329. The zero-order chi connectivity index (χ0) is 12.1. The van der Waals surface area contributed by atoms with Gasteiger partial charge in [0.15, 0.2) is 0 Å². The van der Waals surface area contributed by atoms with Gasteiger partial charge in [0, 0.05) is 18.6 Å². The van der Waals surface area contributed by atoms with Crippen LogP contribution in [0.25, 0.3) is 0 Å². The number of hydrogen-bond acceptors (Lipinski definition) is 3. The van der Waals surface area contributed by atoms with Crippen LogP contribution in [0.3, 0.4) is 0 Å². The van der Waals surface area contributed by atoms with Gasteiger partial charge in [0.05, 0.1) is 0 Å². The molecule has 17 heavy (non-hydrogen) atoms. The highest BCUT2D eigenvalue weighted by Crippen LogP contribution is 2.18. The first kappa shape index (κ1) is 12.6. The number of nitrogens with zero attached hydrogens (tertiary/aromatic N) is 1. The molecule has 0 saturated carbocycles. The van der Waals surface area contributed by atoms with E-state index in [9.17, 15) is 0 Å². The molecule has 3 nitrogen and oxygen atoms in total. The van der Waals surface area contributed by atoms with E-state index in [4.69, 9.17) is 11.5 Å². The van der Waals surface area contributed by atoms with E-state index < -0.39 is 0 Å². The van der Waals surface area contributed by atoms with Gasteiger partial charge in [-0.2, -0.15) is 0 Å². The van der Waals surface area contributed by atoms with Crippen molar-refractivity contribution in [2.75, 3.05) is 26.2 Å². The minimum Gasteiger partial charge on any atom is -0.329 e. The van der Waals surface area contributed by atoms with E-state index in [1.54, 1.807) is 0 Å². The fourth-order valence-corrected chi connectivity index (χ4v) is 2.36. The molecule has 0 radical (unpaired) electrons. The van der Waals surface area contributed by atoms with E-state index in [1.807, 2.05) is 0 Å². The van der Waals surface area contributed by atoms with Crippen LogP contribution >= 0.6 is 0 Å². The fraction of sp³-hybridized carbons (Fsp3) is 0.571. The van der Waals surface area contributed by atoms with Crippen molar-refractivity contribution in [1.29, 1.82) is 0 Å². The molecule has 3 heteroatoms. The van der Waals surface area contributed by atoms with Crippen molar-refractivity contribution >= 4 is 0 Å². The van der Waals surface area contributed by atoms with Gasteiger partial charge in [-0.25, -0.2) is 0 Å². The minimum absolute atomic E-state index is 0.108. The van der Waals surface area contributed by atoms with Crippen molar-refractivity contribution < 1.29 is 0 Å². The smallest absolute Gasteiger partial charge is 0.0303 e. The Balaban J connectivity index is 1.75. The second-order valence-corrected chi connectivity index (χ2v) is 5.14. The lowest BCUT2D eigenvalue weighted by molar-refractivity contribution is 0.167. The van der Waals surface area contributed by atoms with Gasteiger partial charge in [0.2, 0.25) is 0 Å². The van der Waals surface area contributed by atoms with Crippen LogP contribution in [0.1, 0.15) is 18.4 Å². The lowest BCUT2D eigenvalue weighted by Gasteiger charge is -2.38. The molecular formula is C14H23N3. The highest BCUT2D eigenvalue weighted by atomic mass is 15.1. The highest BCUT2D eigenvalue weighted by molar-refractivity contribution is 5.14. The van der Waals surface area contributed by atoms with Crippen LogP contribution in [0.5, 0.6) is 0 Å². The number of hydrogen-bond donors (Lipinski definition) is 2. The molecule has 1 heterocycles. The van der Waals surface area contributed by atoms with Crippen molar-refractivity contribution in [3.63, 3.8) is 0 Å². The van der Waals surface area contributed by atoms with E-state index in [0.29, 0.717) is 6.54 Å². The van der Waals surface area contributed by atoms with Gasteiger partial charge in [-0.1, -0.05) is 30.3 Å². The maximum atomic E-state index is 6.18. The molecule has 4 N–H and O–H groups in total. The summed E-state index contributed by atoms with van der Waals surface area (Å²) in [5.41, 5.74) is 13.2. The van der Waals surface area contributed by atoms with Gasteiger partial charge in [-0.15, -0.1) is 0 Å². The molecule has 1 aliphatic rings. The average Bonchev–Trinajstić information content (AvgIpc) is 2.39. The molecule has 0 spiro atoms. The van der Waals surface area contributed by atoms with Gasteiger partial charge in [0.25, 0.3) is 0 Å². The van der Waals surface area contributed by atoms with Crippen LogP contribution in [0.15, 0.2) is 30.3 Å². The molecule has 1 aromatic rings. The van der Waals surface area contributed by atoms with Crippen LogP contribution in [-0.2, 0) is 6.42 Å². The summed E-state index contributed by atoms with van der Waals surface area (Å²) >= 11 is 0. The van der Waals surface area contributed by atoms with Crippen LogP contribution in [0, 0.1) is 0 Å². The summed E-state index contributed by atoms with van der Waals surface area (Å²) in [5.74, 6) is 0. The molecule has 0 unspecified atom stereocenters. The Morgan fingerprint density at radius 3 is 2.35 bits per heavy atom. The van der Waals surface area contributed by atoms with E-state index in [-0.39, 0.29) is 5.54 Å². The molecule has 1 saturated heterocycles. The SMILES string of the molecule is NCC1(N)CCN(CCc2ccccc2)CC1. The van der Waals surface area contributed by atoms with Crippen LogP contribution < -0.4 is 11.5 Å². The van der Waals surface area contributed by atoms with Gasteiger partial charge < -0.3 is 16.4 Å². The van der Waals surface area contributed by atoms with Crippen molar-refractivity contribution in [3.05, 3.63) is 35.9 Å². The number of piperidine rings is 1. The molecule has 94 valence electrons. The first-order valence-corrected chi connectivity index (χ1v) is 6.47. The average molecular weight is 233 g/mol. The molecule has 1 aliphatic heterocycles. The van der Waals surface area contributed by atoms with E-state index in [2.05, 4.69) is 35.2 Å². The summed E-state index contributed by atoms with van der Waals surface area (Å²) in [6.45, 7) is 3.91. The summed E-state index contributed by atoms with van der Waals surface area (Å²) in [6, 6.07) is 10.7. The number of likely N-dealkylation sites (tertiary alicyclic amines) is 1. The van der Waals surface area contributed by atoms with Gasteiger partial charge >= 0.3 is 0 Å². The number of nitrogens with two attached hydrogens (primary N) is 2. The predicted octanol–water partition coefficient (Wildman–Crippen LogP) is 0.981. The molecule has 0 atom stereocenters. The molecule has 2 rings (SSSR count). The molecule has 0 bridgehead atoms. The summed E-state index contributed by atoms with van der Waals surface area (Å²) in [5, 5.41) is 0. The third-order valence-electron chi connectivity index (χ3n) is 3.82. The summed E-state index contributed by atoms with van der Waals surface area (Å²) in [4.78, 5) is 2.49. The molecule has 0 amide bonds. The van der Waals surface area contributed by atoms with Crippen LogP contribution in [0.2, 0.25) is 0 Å². The van der Waals surface area contributed by atoms with E-state index in [0.717, 1.165) is 38.9 Å². The standard InChI is InChI=1S/C14H23N3/c15-12-14(16)7-10-17(11-8-14)9-6-13-4-2-1-3-5-13/h1-5H,6-12,15-16H2. The Labute approximate surface area is 104 Å². The minimum atomic E-state index is -0.108. The summed E-state index contributed by atoms with van der Waals surface area (Å²) in [6.07, 6.45) is 3.18. The van der Waals surface area contributed by atoms with Crippen molar-refractivity contribution in [2.45, 2.75) is 24.8 Å². The molecular weight excluding hydrogens is 210 g/mol. The largest absolute Gasteiger partial charge is 0.329 e. The van der Waals surface area contributed by atoms with Gasteiger partial charge in [-0.3, -0.25) is 0 Å².